The Hall–Kier alpha value is 0.177. The zero-order chi connectivity index (χ0) is 9.73. The molecule has 1 atom stereocenters. The summed E-state index contributed by atoms with van der Waals surface area (Å²) in [6, 6.07) is 1.33. The molecule has 0 aromatic rings. The lowest BCUT2D eigenvalue weighted by Crippen LogP contribution is -2.34. The van der Waals surface area contributed by atoms with Crippen LogP contribution in [0.5, 0.6) is 0 Å². The molecule has 1 aliphatic rings. The average molecular weight is 199 g/mol. The highest BCUT2D eigenvalue weighted by molar-refractivity contribution is 6.71. The zero-order valence-electron chi connectivity index (χ0n) is 9.31. The van der Waals surface area contributed by atoms with Crippen LogP contribution in [0.15, 0.2) is 0 Å². The second-order valence-corrected chi connectivity index (χ2v) is 8.96. The Morgan fingerprint density at radius 3 is 2.77 bits per heavy atom. The molecule has 0 aliphatic heterocycles. The predicted octanol–water partition coefficient (Wildman–Crippen LogP) is 3.76. The minimum atomic E-state index is -1.31. The van der Waals surface area contributed by atoms with Crippen LogP contribution in [0, 0.1) is 6.42 Å². The van der Waals surface area contributed by atoms with Gasteiger partial charge in [0.1, 0.15) is 0 Å². The summed E-state index contributed by atoms with van der Waals surface area (Å²) in [7, 11) is -1.31. The van der Waals surface area contributed by atoms with E-state index in [0.29, 0.717) is 6.10 Å². The fraction of sp³-hybridized carbons (Fsp3) is 0.909. The number of rotatable bonds is 5. The van der Waals surface area contributed by atoms with Gasteiger partial charge in [-0.15, -0.1) is 0 Å². The van der Waals surface area contributed by atoms with E-state index in [9.17, 15) is 0 Å². The third-order valence-electron chi connectivity index (χ3n) is 2.74. The standard InChI is InChI=1S/C11H23OSi/c1-4-5-10-13(2,3)12-11-8-6-7-9-11/h6,11H,4-5,7-10H2,1-3H3. The molecule has 77 valence electrons. The Morgan fingerprint density at radius 1 is 1.46 bits per heavy atom. The van der Waals surface area contributed by atoms with Crippen molar-refractivity contribution in [2.75, 3.05) is 0 Å². The topological polar surface area (TPSA) is 9.23 Å². The highest BCUT2D eigenvalue weighted by Gasteiger charge is 2.27. The number of hydrogen-bond acceptors (Lipinski definition) is 1. The molecular weight excluding hydrogens is 176 g/mol. The van der Waals surface area contributed by atoms with Crippen LogP contribution >= 0.6 is 0 Å². The summed E-state index contributed by atoms with van der Waals surface area (Å²) in [5.74, 6) is 0. The van der Waals surface area contributed by atoms with E-state index in [0.717, 1.165) is 0 Å². The first kappa shape index (κ1) is 11.3. The second-order valence-electron chi connectivity index (χ2n) is 4.70. The molecule has 0 heterocycles. The van der Waals surface area contributed by atoms with E-state index in [4.69, 9.17) is 4.43 Å². The minimum Gasteiger partial charge on any atom is -0.414 e. The lowest BCUT2D eigenvalue weighted by molar-refractivity contribution is 0.201. The first-order valence-corrected chi connectivity index (χ1v) is 8.75. The van der Waals surface area contributed by atoms with E-state index in [1.165, 1.54) is 38.1 Å². The molecular formula is C11H23OSi. The first-order valence-electron chi connectivity index (χ1n) is 5.63. The smallest absolute Gasteiger partial charge is 0.187 e. The van der Waals surface area contributed by atoms with Crippen molar-refractivity contribution in [1.82, 2.24) is 0 Å². The summed E-state index contributed by atoms with van der Waals surface area (Å²) in [6.07, 6.45) is 9.31. The maximum absolute atomic E-state index is 6.21. The van der Waals surface area contributed by atoms with Crippen molar-refractivity contribution in [3.63, 3.8) is 0 Å². The quantitative estimate of drug-likeness (QED) is 0.613. The monoisotopic (exact) mass is 199 g/mol. The van der Waals surface area contributed by atoms with Crippen molar-refractivity contribution in [2.45, 2.75) is 64.3 Å². The normalized spacial score (nSPS) is 19.6. The lowest BCUT2D eigenvalue weighted by Gasteiger charge is -2.26. The number of unbranched alkanes of at least 4 members (excludes halogenated alkanes) is 1. The number of hydrogen-bond donors (Lipinski definition) is 0. The van der Waals surface area contributed by atoms with Crippen molar-refractivity contribution in [1.29, 1.82) is 0 Å². The Morgan fingerprint density at radius 2 is 2.23 bits per heavy atom. The molecule has 13 heavy (non-hydrogen) atoms. The van der Waals surface area contributed by atoms with Crippen LogP contribution < -0.4 is 0 Å². The summed E-state index contributed by atoms with van der Waals surface area (Å²) in [5.41, 5.74) is 0. The molecule has 1 aliphatic carbocycles. The lowest BCUT2D eigenvalue weighted by atomic mass is 10.3. The SMILES string of the molecule is CCCC[Si](C)(C)OC1C[CH]CC1. The molecule has 0 aromatic heterocycles. The van der Waals surface area contributed by atoms with Gasteiger partial charge in [0.05, 0.1) is 0 Å². The Balaban J connectivity index is 2.23. The molecule has 0 amide bonds. The van der Waals surface area contributed by atoms with Crippen LogP contribution in [0.2, 0.25) is 19.1 Å². The van der Waals surface area contributed by atoms with Crippen LogP contribution in [0.1, 0.15) is 39.0 Å². The van der Waals surface area contributed by atoms with Gasteiger partial charge >= 0.3 is 0 Å². The highest BCUT2D eigenvalue weighted by atomic mass is 28.4. The molecule has 0 bridgehead atoms. The Bertz CT molecular complexity index is 139. The fourth-order valence-corrected chi connectivity index (χ4v) is 4.38. The first-order chi connectivity index (χ1) is 6.14. The van der Waals surface area contributed by atoms with E-state index in [-0.39, 0.29) is 0 Å². The summed E-state index contributed by atoms with van der Waals surface area (Å²) < 4.78 is 6.21. The molecule has 1 fully saturated rings. The summed E-state index contributed by atoms with van der Waals surface area (Å²) >= 11 is 0. The van der Waals surface area contributed by atoms with Crippen molar-refractivity contribution in [3.05, 3.63) is 6.42 Å². The third kappa shape index (κ3) is 4.27. The molecule has 0 N–H and O–H groups in total. The largest absolute Gasteiger partial charge is 0.414 e. The van der Waals surface area contributed by atoms with Gasteiger partial charge in [-0.05, 0) is 44.8 Å². The molecule has 1 saturated carbocycles. The van der Waals surface area contributed by atoms with Crippen molar-refractivity contribution in [2.24, 2.45) is 0 Å². The van der Waals surface area contributed by atoms with Gasteiger partial charge in [0.2, 0.25) is 0 Å². The summed E-state index contributed by atoms with van der Waals surface area (Å²) in [5, 5.41) is 0. The van der Waals surface area contributed by atoms with Gasteiger partial charge in [-0.25, -0.2) is 0 Å². The fourth-order valence-electron chi connectivity index (χ4n) is 1.94. The molecule has 1 unspecified atom stereocenters. The zero-order valence-corrected chi connectivity index (χ0v) is 10.3. The van der Waals surface area contributed by atoms with E-state index in [1.807, 2.05) is 0 Å². The molecule has 0 spiro atoms. The van der Waals surface area contributed by atoms with Crippen LogP contribution in [-0.2, 0) is 4.43 Å². The van der Waals surface area contributed by atoms with E-state index in [1.54, 1.807) is 0 Å². The minimum absolute atomic E-state index is 0.568. The Kier molecular flexibility index (Phi) is 4.46. The van der Waals surface area contributed by atoms with Crippen LogP contribution in [-0.4, -0.2) is 14.4 Å². The van der Waals surface area contributed by atoms with Gasteiger partial charge in [0, 0.05) is 6.10 Å². The maximum Gasteiger partial charge on any atom is 0.187 e. The molecule has 0 saturated heterocycles. The highest BCUT2D eigenvalue weighted by Crippen LogP contribution is 2.26. The summed E-state index contributed by atoms with van der Waals surface area (Å²) in [6.45, 7) is 6.98. The van der Waals surface area contributed by atoms with Gasteiger partial charge in [-0.3, -0.25) is 0 Å². The van der Waals surface area contributed by atoms with E-state index < -0.39 is 8.32 Å². The van der Waals surface area contributed by atoms with Gasteiger partial charge in [-0.2, -0.15) is 0 Å². The Labute approximate surface area is 84.0 Å². The maximum atomic E-state index is 6.21. The molecule has 1 rings (SSSR count). The van der Waals surface area contributed by atoms with Gasteiger partial charge in [0.25, 0.3) is 0 Å². The van der Waals surface area contributed by atoms with Crippen molar-refractivity contribution >= 4 is 8.32 Å². The van der Waals surface area contributed by atoms with Crippen LogP contribution in [0.25, 0.3) is 0 Å². The van der Waals surface area contributed by atoms with Gasteiger partial charge < -0.3 is 4.43 Å². The molecule has 1 radical (unpaired) electrons. The van der Waals surface area contributed by atoms with Crippen molar-refractivity contribution < 1.29 is 4.43 Å². The van der Waals surface area contributed by atoms with Crippen LogP contribution in [0.4, 0.5) is 0 Å². The van der Waals surface area contributed by atoms with E-state index >= 15 is 0 Å². The summed E-state index contributed by atoms with van der Waals surface area (Å²) in [4.78, 5) is 0. The van der Waals surface area contributed by atoms with Gasteiger partial charge in [0.15, 0.2) is 8.32 Å². The third-order valence-corrected chi connectivity index (χ3v) is 5.27. The second kappa shape index (κ2) is 5.16. The molecule has 1 nitrogen and oxygen atoms in total. The van der Waals surface area contributed by atoms with Gasteiger partial charge in [-0.1, -0.05) is 19.8 Å². The van der Waals surface area contributed by atoms with Crippen molar-refractivity contribution in [3.8, 4) is 0 Å². The molecule has 0 aromatic carbocycles. The van der Waals surface area contributed by atoms with Crippen LogP contribution in [0.3, 0.4) is 0 Å². The molecule has 2 heteroatoms. The van der Waals surface area contributed by atoms with E-state index in [2.05, 4.69) is 26.4 Å². The predicted molar refractivity (Wildman–Crippen MR) is 60.2 cm³/mol. The average Bonchev–Trinajstić information content (AvgIpc) is 2.52.